The quantitative estimate of drug-likeness (QED) is 0.618. The van der Waals surface area contributed by atoms with E-state index in [-0.39, 0.29) is 11.1 Å². The first-order valence-corrected chi connectivity index (χ1v) is 11.0. The molecule has 0 bridgehead atoms. The van der Waals surface area contributed by atoms with Gasteiger partial charge in [0.25, 0.3) is 0 Å². The van der Waals surface area contributed by atoms with Crippen molar-refractivity contribution >= 4 is 23.0 Å². The minimum absolute atomic E-state index is 0.0321. The van der Waals surface area contributed by atoms with Gasteiger partial charge in [0, 0.05) is 34.9 Å². The first kappa shape index (κ1) is 22.6. The summed E-state index contributed by atoms with van der Waals surface area (Å²) in [5.74, 6) is 0.897. The maximum atomic E-state index is 5.96. The molecule has 0 aliphatic carbocycles. The third kappa shape index (κ3) is 5.73. The number of anilines is 1. The fraction of sp³-hybridized carbons (Fsp3) is 0.480. The maximum Gasteiger partial charge on any atom is 0.173 e. The molecule has 2 aromatic carbocycles. The van der Waals surface area contributed by atoms with Gasteiger partial charge in [-0.15, -0.1) is 0 Å². The van der Waals surface area contributed by atoms with Gasteiger partial charge in [-0.05, 0) is 83.4 Å². The van der Waals surface area contributed by atoms with Crippen molar-refractivity contribution in [3.63, 3.8) is 0 Å². The lowest BCUT2D eigenvalue weighted by molar-refractivity contribution is 0.101. The summed E-state index contributed by atoms with van der Waals surface area (Å²) < 4.78 is 5.63. The van der Waals surface area contributed by atoms with Crippen molar-refractivity contribution < 1.29 is 4.74 Å². The summed E-state index contributed by atoms with van der Waals surface area (Å²) in [5.41, 5.74) is 3.44. The van der Waals surface area contributed by atoms with Gasteiger partial charge in [-0.25, -0.2) is 0 Å². The molecule has 0 amide bonds. The highest BCUT2D eigenvalue weighted by atomic mass is 32.1. The number of benzene rings is 2. The van der Waals surface area contributed by atoms with E-state index in [1.54, 1.807) is 7.11 Å². The van der Waals surface area contributed by atoms with Gasteiger partial charge in [0.15, 0.2) is 5.11 Å². The highest BCUT2D eigenvalue weighted by molar-refractivity contribution is 7.80. The lowest BCUT2D eigenvalue weighted by Crippen LogP contribution is -2.63. The number of nitrogens with zero attached hydrogens (tertiary/aromatic N) is 1. The molecule has 0 atom stereocenters. The van der Waals surface area contributed by atoms with Gasteiger partial charge in [0.2, 0.25) is 0 Å². The van der Waals surface area contributed by atoms with Crippen LogP contribution in [0.3, 0.4) is 0 Å². The summed E-state index contributed by atoms with van der Waals surface area (Å²) in [4.78, 5) is 2.35. The zero-order valence-electron chi connectivity index (χ0n) is 19.1. The van der Waals surface area contributed by atoms with Gasteiger partial charge >= 0.3 is 0 Å². The molecule has 3 rings (SSSR count). The van der Waals surface area contributed by atoms with Crippen LogP contribution in [-0.4, -0.2) is 34.2 Å². The van der Waals surface area contributed by atoms with E-state index in [0.717, 1.165) is 35.0 Å². The Morgan fingerprint density at radius 1 is 1.10 bits per heavy atom. The van der Waals surface area contributed by atoms with Gasteiger partial charge in [-0.1, -0.05) is 30.3 Å². The highest BCUT2D eigenvalue weighted by Gasteiger charge is 2.40. The summed E-state index contributed by atoms with van der Waals surface area (Å²) in [6.45, 7) is 11.9. The molecule has 1 heterocycles. The lowest BCUT2D eigenvalue weighted by Gasteiger charge is -2.50. The van der Waals surface area contributed by atoms with Crippen LogP contribution in [0.5, 0.6) is 5.75 Å². The van der Waals surface area contributed by atoms with E-state index in [0.29, 0.717) is 12.6 Å². The Hall–Kier alpha value is -2.11. The minimum atomic E-state index is 0.0321. The number of nitrogens with one attached hydrogen (secondary N) is 2. The zero-order valence-corrected chi connectivity index (χ0v) is 19.9. The molecule has 0 aromatic heterocycles. The first-order chi connectivity index (χ1) is 14.1. The molecular formula is C25H35N3OS. The van der Waals surface area contributed by atoms with Crippen LogP contribution in [-0.2, 0) is 6.54 Å². The molecule has 1 aliphatic rings. The molecule has 1 saturated heterocycles. The second-order valence-electron chi connectivity index (χ2n) is 9.69. The Kier molecular flexibility index (Phi) is 6.73. The lowest BCUT2D eigenvalue weighted by atomic mass is 9.79. The third-order valence-electron chi connectivity index (χ3n) is 5.67. The SMILES string of the molecule is COc1ccccc1CN(C(=S)Nc1cccc(C)c1)C1CC(C)(C)NC(C)(C)C1. The van der Waals surface area contributed by atoms with E-state index in [1.807, 2.05) is 12.1 Å². The highest BCUT2D eigenvalue weighted by Crippen LogP contribution is 2.33. The molecular weight excluding hydrogens is 390 g/mol. The summed E-state index contributed by atoms with van der Waals surface area (Å²) in [6, 6.07) is 16.9. The second kappa shape index (κ2) is 8.94. The molecule has 2 aromatic rings. The van der Waals surface area contributed by atoms with E-state index in [2.05, 4.69) is 86.6 Å². The summed E-state index contributed by atoms with van der Waals surface area (Å²) in [7, 11) is 1.73. The number of ether oxygens (including phenoxy) is 1. The normalized spacial score (nSPS) is 17.9. The molecule has 162 valence electrons. The number of aryl methyl sites for hydroxylation is 1. The maximum absolute atomic E-state index is 5.96. The van der Waals surface area contributed by atoms with Gasteiger partial charge < -0.3 is 20.3 Å². The van der Waals surface area contributed by atoms with Crippen LogP contribution < -0.4 is 15.4 Å². The number of methoxy groups -OCH3 is 1. The average molecular weight is 426 g/mol. The molecule has 5 heteroatoms. The molecule has 0 radical (unpaired) electrons. The number of para-hydroxylation sites is 1. The van der Waals surface area contributed by atoms with Crippen LogP contribution in [0.4, 0.5) is 5.69 Å². The predicted octanol–water partition coefficient (Wildman–Crippen LogP) is 5.51. The van der Waals surface area contributed by atoms with Gasteiger partial charge in [0.1, 0.15) is 5.75 Å². The van der Waals surface area contributed by atoms with E-state index in [1.165, 1.54) is 5.56 Å². The summed E-state index contributed by atoms with van der Waals surface area (Å²) >= 11 is 5.96. The summed E-state index contributed by atoms with van der Waals surface area (Å²) in [6.07, 6.45) is 2.03. The minimum Gasteiger partial charge on any atom is -0.496 e. The molecule has 1 fully saturated rings. The van der Waals surface area contributed by atoms with Crippen LogP contribution >= 0.6 is 12.2 Å². The van der Waals surface area contributed by atoms with Crippen LogP contribution in [0.25, 0.3) is 0 Å². The topological polar surface area (TPSA) is 36.5 Å². The molecule has 0 spiro atoms. The van der Waals surface area contributed by atoms with E-state index < -0.39 is 0 Å². The molecule has 30 heavy (non-hydrogen) atoms. The van der Waals surface area contributed by atoms with Crippen molar-refractivity contribution in [1.29, 1.82) is 0 Å². The first-order valence-electron chi connectivity index (χ1n) is 10.6. The van der Waals surface area contributed by atoms with Crippen molar-refractivity contribution in [3.05, 3.63) is 59.7 Å². The average Bonchev–Trinajstić information content (AvgIpc) is 2.63. The molecule has 0 unspecified atom stereocenters. The van der Waals surface area contributed by atoms with Crippen molar-refractivity contribution in [2.24, 2.45) is 0 Å². The zero-order chi connectivity index (χ0) is 21.9. The van der Waals surface area contributed by atoms with Crippen LogP contribution in [0.1, 0.15) is 51.7 Å². The Labute approximate surface area is 187 Å². The number of hydrogen-bond acceptors (Lipinski definition) is 3. The van der Waals surface area contributed by atoms with E-state index in [4.69, 9.17) is 17.0 Å². The number of thiocarbonyl (C=S) groups is 1. The third-order valence-corrected chi connectivity index (χ3v) is 6.01. The standard InChI is InChI=1S/C25H35N3OS/c1-18-10-9-12-20(14-18)26-23(30)28(17-19-11-7-8-13-22(19)29-6)21-15-24(2,3)27-25(4,5)16-21/h7-14,21,27H,15-17H2,1-6H3,(H,26,30). The van der Waals surface area contributed by atoms with Crippen LogP contribution in [0.15, 0.2) is 48.5 Å². The van der Waals surface area contributed by atoms with Gasteiger partial charge in [-0.3, -0.25) is 0 Å². The fourth-order valence-electron chi connectivity index (χ4n) is 4.79. The predicted molar refractivity (Wildman–Crippen MR) is 130 cm³/mol. The number of piperidine rings is 1. The molecule has 1 aliphatic heterocycles. The van der Waals surface area contributed by atoms with Crippen molar-refractivity contribution in [2.45, 2.75) is 71.1 Å². The number of hydrogen-bond donors (Lipinski definition) is 2. The molecule has 0 saturated carbocycles. The van der Waals surface area contributed by atoms with E-state index in [9.17, 15) is 0 Å². The van der Waals surface area contributed by atoms with Crippen molar-refractivity contribution in [3.8, 4) is 5.75 Å². The Bertz CT molecular complexity index is 877. The molecule has 2 N–H and O–H groups in total. The van der Waals surface area contributed by atoms with Crippen molar-refractivity contribution in [2.75, 3.05) is 12.4 Å². The Balaban J connectivity index is 1.92. The van der Waals surface area contributed by atoms with Crippen molar-refractivity contribution in [1.82, 2.24) is 10.2 Å². The largest absolute Gasteiger partial charge is 0.496 e. The van der Waals surface area contributed by atoms with Gasteiger partial charge in [0.05, 0.1) is 7.11 Å². The Morgan fingerprint density at radius 2 is 1.77 bits per heavy atom. The van der Waals surface area contributed by atoms with E-state index >= 15 is 0 Å². The Morgan fingerprint density at radius 3 is 2.40 bits per heavy atom. The second-order valence-corrected chi connectivity index (χ2v) is 10.1. The summed E-state index contributed by atoms with van der Waals surface area (Å²) in [5, 5.41) is 8.03. The molecule has 4 nitrogen and oxygen atoms in total. The van der Waals surface area contributed by atoms with Crippen LogP contribution in [0.2, 0.25) is 0 Å². The number of rotatable bonds is 5. The monoisotopic (exact) mass is 425 g/mol. The van der Waals surface area contributed by atoms with Gasteiger partial charge in [-0.2, -0.15) is 0 Å². The fourth-order valence-corrected chi connectivity index (χ4v) is 5.12. The van der Waals surface area contributed by atoms with Crippen LogP contribution in [0, 0.1) is 6.92 Å². The smallest absolute Gasteiger partial charge is 0.173 e.